The fourth-order valence-electron chi connectivity index (χ4n) is 3.15. The molecule has 2 saturated heterocycles. The summed E-state index contributed by atoms with van der Waals surface area (Å²) in [5.74, 6) is -1.17. The molecule has 2 unspecified atom stereocenters. The molecular weight excluding hydrogens is 208 g/mol. The average molecular weight is 223 g/mol. The molecule has 0 amide bonds. The molecule has 2 heterocycles. The number of halogens is 2. The highest BCUT2D eigenvalue weighted by Crippen LogP contribution is 2.38. The Labute approximate surface area is 93.9 Å². The summed E-state index contributed by atoms with van der Waals surface area (Å²) in [5, 5.41) is 3.51. The van der Waals surface area contributed by atoms with Crippen molar-refractivity contribution in [3.8, 4) is 0 Å². The SMILES string of the molecule is Fc1cccc(C2CC3CCC(C2)N3)c1F. The molecule has 3 heteroatoms. The quantitative estimate of drug-likeness (QED) is 0.771. The smallest absolute Gasteiger partial charge is 0.162 e. The number of nitrogens with one attached hydrogen (secondary N) is 1. The van der Waals surface area contributed by atoms with E-state index in [1.165, 1.54) is 18.9 Å². The predicted molar refractivity (Wildman–Crippen MR) is 58.3 cm³/mol. The summed E-state index contributed by atoms with van der Waals surface area (Å²) < 4.78 is 26.8. The van der Waals surface area contributed by atoms with Crippen LogP contribution in [0.4, 0.5) is 8.78 Å². The van der Waals surface area contributed by atoms with Crippen LogP contribution in [0, 0.1) is 11.6 Å². The Morgan fingerprint density at radius 3 is 2.44 bits per heavy atom. The van der Waals surface area contributed by atoms with E-state index in [-0.39, 0.29) is 5.92 Å². The van der Waals surface area contributed by atoms with E-state index in [9.17, 15) is 8.78 Å². The Morgan fingerprint density at radius 1 is 1.06 bits per heavy atom. The molecule has 2 aliphatic heterocycles. The van der Waals surface area contributed by atoms with Crippen LogP contribution in [0.1, 0.15) is 37.2 Å². The average Bonchev–Trinajstić information content (AvgIpc) is 2.62. The van der Waals surface area contributed by atoms with Crippen molar-refractivity contribution in [3.63, 3.8) is 0 Å². The van der Waals surface area contributed by atoms with E-state index in [4.69, 9.17) is 0 Å². The van der Waals surface area contributed by atoms with Gasteiger partial charge in [-0.25, -0.2) is 8.78 Å². The summed E-state index contributed by atoms with van der Waals surface area (Å²) >= 11 is 0. The Bertz CT molecular complexity index is 393. The third-order valence-corrected chi connectivity index (χ3v) is 3.89. The van der Waals surface area contributed by atoms with E-state index in [2.05, 4.69) is 5.32 Å². The summed E-state index contributed by atoms with van der Waals surface area (Å²) in [7, 11) is 0. The van der Waals surface area contributed by atoms with Gasteiger partial charge in [0.05, 0.1) is 0 Å². The molecule has 3 rings (SSSR count). The summed E-state index contributed by atoms with van der Waals surface area (Å²) in [6, 6.07) is 5.54. The minimum absolute atomic E-state index is 0.189. The summed E-state index contributed by atoms with van der Waals surface area (Å²) in [6.45, 7) is 0. The number of hydrogen-bond acceptors (Lipinski definition) is 1. The molecular formula is C13H15F2N. The van der Waals surface area contributed by atoms with E-state index >= 15 is 0 Å². The van der Waals surface area contributed by atoms with Crippen molar-refractivity contribution < 1.29 is 8.78 Å². The Hall–Kier alpha value is -0.960. The molecule has 0 aromatic heterocycles. The van der Waals surface area contributed by atoms with Crippen LogP contribution in [0.15, 0.2) is 18.2 Å². The van der Waals surface area contributed by atoms with Crippen molar-refractivity contribution in [3.05, 3.63) is 35.4 Å². The predicted octanol–water partition coefficient (Wildman–Crippen LogP) is 2.96. The number of fused-ring (bicyclic) bond motifs is 2. The van der Waals surface area contributed by atoms with E-state index in [0.29, 0.717) is 17.6 Å². The molecule has 86 valence electrons. The lowest BCUT2D eigenvalue weighted by Crippen LogP contribution is -2.37. The Morgan fingerprint density at radius 2 is 1.75 bits per heavy atom. The monoisotopic (exact) mass is 223 g/mol. The van der Waals surface area contributed by atoms with Crippen molar-refractivity contribution in [2.75, 3.05) is 0 Å². The van der Waals surface area contributed by atoms with Gasteiger partial charge in [0, 0.05) is 12.1 Å². The largest absolute Gasteiger partial charge is 0.311 e. The van der Waals surface area contributed by atoms with Crippen molar-refractivity contribution in [1.29, 1.82) is 0 Å². The fourth-order valence-corrected chi connectivity index (χ4v) is 3.15. The van der Waals surface area contributed by atoms with Gasteiger partial charge in [-0.3, -0.25) is 0 Å². The first-order valence-corrected chi connectivity index (χ1v) is 5.94. The van der Waals surface area contributed by atoms with Crippen molar-refractivity contribution >= 4 is 0 Å². The molecule has 1 N–H and O–H groups in total. The summed E-state index contributed by atoms with van der Waals surface area (Å²) in [5.41, 5.74) is 0.568. The van der Waals surface area contributed by atoms with Crippen molar-refractivity contribution in [2.24, 2.45) is 0 Å². The van der Waals surface area contributed by atoms with E-state index in [1.807, 2.05) is 0 Å². The number of hydrogen-bond donors (Lipinski definition) is 1. The molecule has 0 radical (unpaired) electrons. The van der Waals surface area contributed by atoms with Gasteiger partial charge < -0.3 is 5.32 Å². The molecule has 0 spiro atoms. The maximum Gasteiger partial charge on any atom is 0.162 e. The van der Waals surface area contributed by atoms with Gasteiger partial charge >= 0.3 is 0 Å². The van der Waals surface area contributed by atoms with Gasteiger partial charge in [0.1, 0.15) is 0 Å². The highest BCUT2D eigenvalue weighted by molar-refractivity contribution is 5.24. The van der Waals surface area contributed by atoms with Gasteiger partial charge in [0.2, 0.25) is 0 Å². The van der Waals surface area contributed by atoms with Crippen LogP contribution in [0.2, 0.25) is 0 Å². The zero-order chi connectivity index (χ0) is 11.1. The summed E-state index contributed by atoms with van der Waals surface area (Å²) in [6.07, 6.45) is 4.24. The molecule has 2 bridgehead atoms. The van der Waals surface area contributed by atoms with Gasteiger partial charge in [-0.2, -0.15) is 0 Å². The maximum absolute atomic E-state index is 13.7. The van der Waals surface area contributed by atoms with Crippen molar-refractivity contribution in [2.45, 2.75) is 43.7 Å². The van der Waals surface area contributed by atoms with Crippen LogP contribution < -0.4 is 5.32 Å². The fraction of sp³-hybridized carbons (Fsp3) is 0.538. The highest BCUT2D eigenvalue weighted by Gasteiger charge is 2.35. The zero-order valence-corrected chi connectivity index (χ0v) is 9.05. The normalized spacial score (nSPS) is 33.0. The minimum Gasteiger partial charge on any atom is -0.311 e. The van der Waals surface area contributed by atoms with Gasteiger partial charge in [-0.1, -0.05) is 12.1 Å². The molecule has 2 aliphatic rings. The number of rotatable bonds is 1. The molecule has 1 nitrogen and oxygen atoms in total. The zero-order valence-electron chi connectivity index (χ0n) is 9.05. The molecule has 0 aliphatic carbocycles. The standard InChI is InChI=1S/C13H15F2N/c14-12-3-1-2-11(13(12)15)8-6-9-4-5-10(7-8)16-9/h1-3,8-10,16H,4-7H2. The second-order valence-electron chi connectivity index (χ2n) is 4.95. The lowest BCUT2D eigenvalue weighted by molar-refractivity contribution is 0.352. The van der Waals surface area contributed by atoms with Gasteiger partial charge in [-0.15, -0.1) is 0 Å². The van der Waals surface area contributed by atoms with E-state index in [0.717, 1.165) is 12.8 Å². The van der Waals surface area contributed by atoms with Crippen LogP contribution in [0.25, 0.3) is 0 Å². The van der Waals surface area contributed by atoms with Crippen molar-refractivity contribution in [1.82, 2.24) is 5.32 Å². The minimum atomic E-state index is -0.719. The second kappa shape index (κ2) is 3.81. The molecule has 0 saturated carbocycles. The molecule has 2 fully saturated rings. The van der Waals surface area contributed by atoms with Gasteiger partial charge in [0.25, 0.3) is 0 Å². The second-order valence-corrected chi connectivity index (χ2v) is 4.95. The van der Waals surface area contributed by atoms with Crippen LogP contribution >= 0.6 is 0 Å². The van der Waals surface area contributed by atoms with Crippen LogP contribution in [-0.4, -0.2) is 12.1 Å². The van der Waals surface area contributed by atoms with E-state index in [1.54, 1.807) is 12.1 Å². The molecule has 1 aromatic carbocycles. The van der Waals surface area contributed by atoms with Crippen LogP contribution in [0.5, 0.6) is 0 Å². The van der Waals surface area contributed by atoms with Gasteiger partial charge in [-0.05, 0) is 43.2 Å². The Kier molecular flexibility index (Phi) is 2.43. The van der Waals surface area contributed by atoms with Gasteiger partial charge in [0.15, 0.2) is 11.6 Å². The van der Waals surface area contributed by atoms with Crippen LogP contribution in [-0.2, 0) is 0 Å². The first kappa shape index (κ1) is 10.2. The third kappa shape index (κ3) is 1.63. The highest BCUT2D eigenvalue weighted by atomic mass is 19.2. The van der Waals surface area contributed by atoms with Crippen LogP contribution in [0.3, 0.4) is 0 Å². The maximum atomic E-state index is 13.7. The van der Waals surface area contributed by atoms with E-state index < -0.39 is 11.6 Å². The first-order valence-electron chi connectivity index (χ1n) is 5.94. The number of piperidine rings is 1. The lowest BCUT2D eigenvalue weighted by Gasteiger charge is -2.29. The Balaban J connectivity index is 1.89. The lowest BCUT2D eigenvalue weighted by atomic mass is 9.86. The first-order chi connectivity index (χ1) is 7.74. The molecule has 16 heavy (non-hydrogen) atoms. The molecule has 1 aromatic rings. The summed E-state index contributed by atoms with van der Waals surface area (Å²) in [4.78, 5) is 0. The molecule has 2 atom stereocenters. The number of benzene rings is 1. The topological polar surface area (TPSA) is 12.0 Å². The third-order valence-electron chi connectivity index (χ3n) is 3.89.